The maximum absolute atomic E-state index is 5.80. The van der Waals surface area contributed by atoms with E-state index in [1.54, 1.807) is 0 Å². The molecule has 88 valence electrons. The first-order valence-electron chi connectivity index (χ1n) is 5.94. The lowest BCUT2D eigenvalue weighted by Crippen LogP contribution is -2.09. The van der Waals surface area contributed by atoms with Crippen molar-refractivity contribution in [2.24, 2.45) is 5.92 Å². The maximum Gasteiger partial charge on any atom is 0.119 e. The van der Waals surface area contributed by atoms with Crippen molar-refractivity contribution in [2.75, 3.05) is 19.7 Å². The van der Waals surface area contributed by atoms with Crippen LogP contribution in [0, 0.1) is 5.92 Å². The number of nitrogens with one attached hydrogen (secondary N) is 1. The molecular formula is C13H18ClNO. The molecule has 16 heavy (non-hydrogen) atoms. The predicted molar refractivity (Wildman–Crippen MR) is 67.2 cm³/mol. The number of hydrogen-bond acceptors (Lipinski definition) is 2. The van der Waals surface area contributed by atoms with Gasteiger partial charge < -0.3 is 10.1 Å². The summed E-state index contributed by atoms with van der Waals surface area (Å²) in [7, 11) is 0. The van der Waals surface area contributed by atoms with Gasteiger partial charge in [-0.15, -0.1) is 0 Å². The van der Waals surface area contributed by atoms with Gasteiger partial charge in [-0.25, -0.2) is 0 Å². The Balaban J connectivity index is 1.62. The lowest BCUT2D eigenvalue weighted by molar-refractivity contribution is 0.295. The molecule has 1 aliphatic rings. The van der Waals surface area contributed by atoms with Gasteiger partial charge in [-0.1, -0.05) is 11.6 Å². The molecule has 0 saturated carbocycles. The number of rotatable bonds is 5. The third kappa shape index (κ3) is 3.69. The van der Waals surface area contributed by atoms with Gasteiger partial charge in [-0.05, 0) is 62.5 Å². The Hall–Kier alpha value is -0.730. The largest absolute Gasteiger partial charge is 0.494 e. The summed E-state index contributed by atoms with van der Waals surface area (Å²) in [6, 6.07) is 7.55. The standard InChI is InChI=1S/C13H18ClNO/c14-12-3-5-13(6-4-12)16-9-1-2-11-7-8-15-10-11/h3-6,11,15H,1-2,7-10H2/t11-/m1/s1. The Morgan fingerprint density at radius 3 is 2.81 bits per heavy atom. The summed E-state index contributed by atoms with van der Waals surface area (Å²) < 4.78 is 5.64. The lowest BCUT2D eigenvalue weighted by atomic mass is 10.0. The fraction of sp³-hybridized carbons (Fsp3) is 0.538. The van der Waals surface area contributed by atoms with Crippen molar-refractivity contribution in [3.63, 3.8) is 0 Å². The zero-order valence-corrected chi connectivity index (χ0v) is 10.2. The molecule has 1 fully saturated rings. The van der Waals surface area contributed by atoms with Crippen molar-refractivity contribution >= 4 is 11.6 Å². The fourth-order valence-electron chi connectivity index (χ4n) is 2.05. The molecule has 3 heteroatoms. The highest BCUT2D eigenvalue weighted by atomic mass is 35.5. The minimum Gasteiger partial charge on any atom is -0.494 e. The van der Waals surface area contributed by atoms with E-state index in [0.717, 1.165) is 29.7 Å². The molecule has 0 bridgehead atoms. The van der Waals surface area contributed by atoms with Crippen LogP contribution in [0.3, 0.4) is 0 Å². The van der Waals surface area contributed by atoms with E-state index in [4.69, 9.17) is 16.3 Å². The van der Waals surface area contributed by atoms with Crippen molar-refractivity contribution in [1.29, 1.82) is 0 Å². The van der Waals surface area contributed by atoms with Crippen molar-refractivity contribution in [2.45, 2.75) is 19.3 Å². The van der Waals surface area contributed by atoms with Gasteiger partial charge in [0, 0.05) is 5.02 Å². The minimum absolute atomic E-state index is 0.754. The summed E-state index contributed by atoms with van der Waals surface area (Å²) in [5.74, 6) is 1.77. The van der Waals surface area contributed by atoms with Gasteiger partial charge in [-0.3, -0.25) is 0 Å². The number of hydrogen-bond donors (Lipinski definition) is 1. The molecule has 2 nitrogen and oxygen atoms in total. The van der Waals surface area contributed by atoms with Gasteiger partial charge in [0.2, 0.25) is 0 Å². The van der Waals surface area contributed by atoms with E-state index in [1.807, 2.05) is 24.3 Å². The van der Waals surface area contributed by atoms with Gasteiger partial charge in [0.1, 0.15) is 5.75 Å². The molecule has 1 aromatic carbocycles. The summed E-state index contributed by atoms with van der Waals surface area (Å²) in [6.45, 7) is 3.17. The average Bonchev–Trinajstić information content (AvgIpc) is 2.80. The predicted octanol–water partition coefficient (Wildman–Crippen LogP) is 3.11. The Morgan fingerprint density at radius 2 is 2.12 bits per heavy atom. The van der Waals surface area contributed by atoms with Crippen molar-refractivity contribution in [3.8, 4) is 5.75 Å². The molecule has 0 aliphatic carbocycles. The lowest BCUT2D eigenvalue weighted by Gasteiger charge is -2.09. The van der Waals surface area contributed by atoms with Crippen LogP contribution < -0.4 is 10.1 Å². The van der Waals surface area contributed by atoms with E-state index in [-0.39, 0.29) is 0 Å². The monoisotopic (exact) mass is 239 g/mol. The zero-order valence-electron chi connectivity index (χ0n) is 9.42. The van der Waals surface area contributed by atoms with E-state index in [9.17, 15) is 0 Å². The highest BCUT2D eigenvalue weighted by Gasteiger charge is 2.13. The summed E-state index contributed by atoms with van der Waals surface area (Å²) >= 11 is 5.80. The molecule has 1 atom stereocenters. The van der Waals surface area contributed by atoms with E-state index in [1.165, 1.54) is 25.9 Å². The molecule has 1 N–H and O–H groups in total. The molecule has 1 saturated heterocycles. The minimum atomic E-state index is 0.754. The van der Waals surface area contributed by atoms with Crippen LogP contribution in [-0.2, 0) is 0 Å². The number of ether oxygens (including phenoxy) is 1. The van der Waals surface area contributed by atoms with Crippen molar-refractivity contribution < 1.29 is 4.74 Å². The first-order valence-corrected chi connectivity index (χ1v) is 6.31. The average molecular weight is 240 g/mol. The molecule has 0 amide bonds. The molecule has 1 aromatic rings. The topological polar surface area (TPSA) is 21.3 Å². The Bertz CT molecular complexity index is 306. The molecule has 0 spiro atoms. The molecule has 0 radical (unpaired) electrons. The maximum atomic E-state index is 5.80. The smallest absolute Gasteiger partial charge is 0.119 e. The Morgan fingerprint density at radius 1 is 1.31 bits per heavy atom. The molecule has 2 rings (SSSR count). The highest BCUT2D eigenvalue weighted by Crippen LogP contribution is 2.17. The van der Waals surface area contributed by atoms with E-state index < -0.39 is 0 Å². The van der Waals surface area contributed by atoms with Gasteiger partial charge in [0.15, 0.2) is 0 Å². The quantitative estimate of drug-likeness (QED) is 0.798. The van der Waals surface area contributed by atoms with Crippen LogP contribution in [0.15, 0.2) is 24.3 Å². The van der Waals surface area contributed by atoms with E-state index in [2.05, 4.69) is 5.32 Å². The number of benzene rings is 1. The second-order valence-corrected chi connectivity index (χ2v) is 4.74. The Labute approximate surface area is 102 Å². The van der Waals surface area contributed by atoms with Crippen LogP contribution in [-0.4, -0.2) is 19.7 Å². The third-order valence-corrected chi connectivity index (χ3v) is 3.25. The summed E-state index contributed by atoms with van der Waals surface area (Å²) in [5.41, 5.74) is 0. The second-order valence-electron chi connectivity index (χ2n) is 4.30. The van der Waals surface area contributed by atoms with Crippen LogP contribution in [0.2, 0.25) is 5.02 Å². The molecular weight excluding hydrogens is 222 g/mol. The second kappa shape index (κ2) is 6.12. The fourth-order valence-corrected chi connectivity index (χ4v) is 2.18. The molecule has 0 unspecified atom stereocenters. The summed E-state index contributed by atoms with van der Waals surface area (Å²) in [4.78, 5) is 0. The number of halogens is 1. The first kappa shape index (κ1) is 11.7. The van der Waals surface area contributed by atoms with Gasteiger partial charge in [0.25, 0.3) is 0 Å². The van der Waals surface area contributed by atoms with Crippen LogP contribution in [0.25, 0.3) is 0 Å². The Kier molecular flexibility index (Phi) is 4.49. The highest BCUT2D eigenvalue weighted by molar-refractivity contribution is 6.30. The van der Waals surface area contributed by atoms with Crippen molar-refractivity contribution in [1.82, 2.24) is 5.32 Å². The third-order valence-electron chi connectivity index (χ3n) is 3.00. The first-order chi connectivity index (χ1) is 7.84. The van der Waals surface area contributed by atoms with Gasteiger partial charge in [-0.2, -0.15) is 0 Å². The normalized spacial score (nSPS) is 19.9. The molecule has 0 aromatic heterocycles. The van der Waals surface area contributed by atoms with Crippen LogP contribution in [0.5, 0.6) is 5.75 Å². The van der Waals surface area contributed by atoms with Crippen LogP contribution >= 0.6 is 11.6 Å². The van der Waals surface area contributed by atoms with Gasteiger partial charge >= 0.3 is 0 Å². The van der Waals surface area contributed by atoms with E-state index in [0.29, 0.717) is 0 Å². The van der Waals surface area contributed by atoms with Gasteiger partial charge in [0.05, 0.1) is 6.61 Å². The van der Waals surface area contributed by atoms with E-state index >= 15 is 0 Å². The van der Waals surface area contributed by atoms with Crippen LogP contribution in [0.4, 0.5) is 0 Å². The molecule has 1 heterocycles. The summed E-state index contributed by atoms with van der Waals surface area (Å²) in [6.07, 6.45) is 3.72. The summed E-state index contributed by atoms with van der Waals surface area (Å²) in [5, 5.41) is 4.14. The van der Waals surface area contributed by atoms with Crippen LogP contribution in [0.1, 0.15) is 19.3 Å². The van der Waals surface area contributed by atoms with Crippen molar-refractivity contribution in [3.05, 3.63) is 29.3 Å². The SMILES string of the molecule is Clc1ccc(OCCC[C@@H]2CCNC2)cc1. The zero-order chi connectivity index (χ0) is 11.2. The molecule has 1 aliphatic heterocycles.